The van der Waals surface area contributed by atoms with Crippen LogP contribution in [0.1, 0.15) is 25.8 Å². The number of carboxylic acid groups (broad SMARTS) is 1. The summed E-state index contributed by atoms with van der Waals surface area (Å²) in [6.45, 7) is 4.41. The summed E-state index contributed by atoms with van der Waals surface area (Å²) >= 11 is 0. The molecule has 0 aromatic heterocycles. The Hall–Kier alpha value is -1.51. The van der Waals surface area contributed by atoms with Gasteiger partial charge in [0.05, 0.1) is 13.0 Å². The van der Waals surface area contributed by atoms with Crippen molar-refractivity contribution in [1.82, 2.24) is 0 Å². The fraction of sp³-hybridized carbons (Fsp3) is 0.462. The quantitative estimate of drug-likeness (QED) is 0.805. The van der Waals surface area contributed by atoms with Crippen molar-refractivity contribution in [2.45, 2.75) is 26.7 Å². The fourth-order valence-electron chi connectivity index (χ4n) is 1.45. The Morgan fingerprint density at radius 2 is 2.25 bits per heavy atom. The van der Waals surface area contributed by atoms with Crippen molar-refractivity contribution in [3.05, 3.63) is 29.8 Å². The average molecular weight is 222 g/mol. The molecule has 0 spiro atoms. The van der Waals surface area contributed by atoms with E-state index in [9.17, 15) is 4.79 Å². The van der Waals surface area contributed by atoms with E-state index < -0.39 is 5.97 Å². The molecule has 0 saturated carbocycles. The molecule has 0 aliphatic heterocycles. The van der Waals surface area contributed by atoms with Gasteiger partial charge in [0, 0.05) is 5.92 Å². The van der Waals surface area contributed by atoms with Gasteiger partial charge in [-0.3, -0.25) is 4.79 Å². The summed E-state index contributed by atoms with van der Waals surface area (Å²) in [7, 11) is 0. The highest BCUT2D eigenvalue weighted by Crippen LogP contribution is 2.15. The number of ether oxygens (including phenoxy) is 1. The smallest absolute Gasteiger partial charge is 0.303 e. The van der Waals surface area contributed by atoms with Crippen molar-refractivity contribution in [2.24, 2.45) is 5.92 Å². The Morgan fingerprint density at radius 3 is 2.88 bits per heavy atom. The van der Waals surface area contributed by atoms with E-state index >= 15 is 0 Å². The number of carboxylic acids is 1. The van der Waals surface area contributed by atoms with Gasteiger partial charge in [-0.25, -0.2) is 0 Å². The standard InChI is InChI=1S/C13H18O3/c1-3-11-5-4-6-12(8-11)16-9-10(2)7-13(14)15/h4-6,8,10H,3,7,9H2,1-2H3,(H,14,15). The molecule has 1 rings (SSSR count). The Balaban J connectivity index is 2.44. The minimum absolute atomic E-state index is 0.0304. The van der Waals surface area contributed by atoms with Gasteiger partial charge < -0.3 is 9.84 Å². The lowest BCUT2D eigenvalue weighted by atomic mass is 10.1. The van der Waals surface area contributed by atoms with Crippen LogP contribution in [0.25, 0.3) is 0 Å². The van der Waals surface area contributed by atoms with Gasteiger partial charge in [0.15, 0.2) is 0 Å². The minimum Gasteiger partial charge on any atom is -0.493 e. The SMILES string of the molecule is CCc1cccc(OCC(C)CC(=O)O)c1. The second-order valence-electron chi connectivity index (χ2n) is 4.01. The molecule has 0 amide bonds. The molecule has 0 fully saturated rings. The molecule has 1 N–H and O–H groups in total. The third kappa shape index (κ3) is 4.34. The first kappa shape index (κ1) is 12.6. The first-order valence-electron chi connectivity index (χ1n) is 5.55. The number of hydrogen-bond acceptors (Lipinski definition) is 2. The number of benzene rings is 1. The predicted octanol–water partition coefficient (Wildman–Crippen LogP) is 2.74. The van der Waals surface area contributed by atoms with Crippen LogP contribution in [0.3, 0.4) is 0 Å². The third-order valence-electron chi connectivity index (χ3n) is 2.36. The first-order valence-corrected chi connectivity index (χ1v) is 5.55. The van der Waals surface area contributed by atoms with Gasteiger partial charge >= 0.3 is 5.97 Å². The van der Waals surface area contributed by atoms with Crippen molar-refractivity contribution in [1.29, 1.82) is 0 Å². The van der Waals surface area contributed by atoms with E-state index in [4.69, 9.17) is 9.84 Å². The summed E-state index contributed by atoms with van der Waals surface area (Å²) in [4.78, 5) is 10.5. The van der Waals surface area contributed by atoms with Crippen LogP contribution in [-0.4, -0.2) is 17.7 Å². The van der Waals surface area contributed by atoms with E-state index in [1.165, 1.54) is 5.56 Å². The molecule has 0 aliphatic rings. The molecule has 0 bridgehead atoms. The summed E-state index contributed by atoms with van der Waals surface area (Å²) in [6, 6.07) is 7.89. The van der Waals surface area contributed by atoms with E-state index in [0.29, 0.717) is 6.61 Å². The molecular formula is C13H18O3. The summed E-state index contributed by atoms with van der Waals surface area (Å²) in [5.41, 5.74) is 1.23. The number of carbonyl (C=O) groups is 1. The number of aliphatic carboxylic acids is 1. The van der Waals surface area contributed by atoms with Crippen LogP contribution in [-0.2, 0) is 11.2 Å². The van der Waals surface area contributed by atoms with Gasteiger partial charge in [-0.1, -0.05) is 26.0 Å². The summed E-state index contributed by atoms with van der Waals surface area (Å²) in [5.74, 6) is 0.0674. The Kier molecular flexibility index (Phi) is 4.83. The topological polar surface area (TPSA) is 46.5 Å². The van der Waals surface area contributed by atoms with Gasteiger partial charge in [0.25, 0.3) is 0 Å². The van der Waals surface area contributed by atoms with Crippen LogP contribution in [0.5, 0.6) is 5.75 Å². The molecule has 0 saturated heterocycles. The van der Waals surface area contributed by atoms with E-state index in [1.807, 2.05) is 31.2 Å². The molecule has 3 heteroatoms. The van der Waals surface area contributed by atoms with Gasteiger partial charge in [-0.15, -0.1) is 0 Å². The van der Waals surface area contributed by atoms with Crippen molar-refractivity contribution < 1.29 is 14.6 Å². The normalized spacial score (nSPS) is 12.1. The second-order valence-corrected chi connectivity index (χ2v) is 4.01. The summed E-state index contributed by atoms with van der Waals surface area (Å²) < 4.78 is 5.55. The highest BCUT2D eigenvalue weighted by Gasteiger charge is 2.08. The van der Waals surface area contributed by atoms with Gasteiger partial charge in [-0.05, 0) is 24.1 Å². The van der Waals surface area contributed by atoms with Crippen LogP contribution in [0.2, 0.25) is 0 Å². The molecular weight excluding hydrogens is 204 g/mol. The zero-order chi connectivity index (χ0) is 12.0. The molecule has 88 valence electrons. The Labute approximate surface area is 96.1 Å². The van der Waals surface area contributed by atoms with Crippen molar-refractivity contribution in [3.8, 4) is 5.75 Å². The van der Waals surface area contributed by atoms with Crippen molar-refractivity contribution >= 4 is 5.97 Å². The van der Waals surface area contributed by atoms with Crippen LogP contribution in [0.15, 0.2) is 24.3 Å². The zero-order valence-corrected chi connectivity index (χ0v) is 9.77. The van der Waals surface area contributed by atoms with Crippen molar-refractivity contribution in [3.63, 3.8) is 0 Å². The van der Waals surface area contributed by atoms with Gasteiger partial charge in [-0.2, -0.15) is 0 Å². The van der Waals surface area contributed by atoms with E-state index in [-0.39, 0.29) is 12.3 Å². The Morgan fingerprint density at radius 1 is 1.50 bits per heavy atom. The minimum atomic E-state index is -0.779. The maximum absolute atomic E-state index is 10.5. The van der Waals surface area contributed by atoms with Gasteiger partial charge in [0.1, 0.15) is 5.75 Å². The summed E-state index contributed by atoms with van der Waals surface area (Å²) in [5, 5.41) is 8.61. The lowest BCUT2D eigenvalue weighted by Gasteiger charge is -2.11. The molecule has 1 atom stereocenters. The molecule has 1 aromatic rings. The molecule has 0 heterocycles. The predicted molar refractivity (Wildman–Crippen MR) is 62.7 cm³/mol. The lowest BCUT2D eigenvalue weighted by Crippen LogP contribution is -2.12. The lowest BCUT2D eigenvalue weighted by molar-refractivity contribution is -0.138. The van der Waals surface area contributed by atoms with Crippen molar-refractivity contribution in [2.75, 3.05) is 6.61 Å². The van der Waals surface area contributed by atoms with Crippen LogP contribution >= 0.6 is 0 Å². The Bertz CT molecular complexity index is 347. The molecule has 16 heavy (non-hydrogen) atoms. The fourth-order valence-corrected chi connectivity index (χ4v) is 1.45. The van der Waals surface area contributed by atoms with Crippen LogP contribution < -0.4 is 4.74 Å². The molecule has 1 unspecified atom stereocenters. The summed E-state index contributed by atoms with van der Waals surface area (Å²) in [6.07, 6.45) is 1.12. The number of rotatable bonds is 6. The van der Waals surface area contributed by atoms with E-state index in [0.717, 1.165) is 12.2 Å². The molecule has 1 aromatic carbocycles. The maximum Gasteiger partial charge on any atom is 0.303 e. The van der Waals surface area contributed by atoms with Gasteiger partial charge in [0.2, 0.25) is 0 Å². The van der Waals surface area contributed by atoms with Crippen LogP contribution in [0, 0.1) is 5.92 Å². The average Bonchev–Trinajstić information content (AvgIpc) is 2.26. The third-order valence-corrected chi connectivity index (χ3v) is 2.36. The molecule has 3 nitrogen and oxygen atoms in total. The van der Waals surface area contributed by atoms with E-state index in [2.05, 4.69) is 6.92 Å². The second kappa shape index (κ2) is 6.16. The first-order chi connectivity index (χ1) is 7.61. The molecule has 0 aliphatic carbocycles. The zero-order valence-electron chi connectivity index (χ0n) is 9.77. The number of aryl methyl sites for hydroxylation is 1. The molecule has 0 radical (unpaired) electrons. The monoisotopic (exact) mass is 222 g/mol. The highest BCUT2D eigenvalue weighted by molar-refractivity contribution is 5.66. The van der Waals surface area contributed by atoms with E-state index in [1.54, 1.807) is 0 Å². The highest BCUT2D eigenvalue weighted by atomic mass is 16.5. The van der Waals surface area contributed by atoms with Crippen LogP contribution in [0.4, 0.5) is 0 Å². The largest absolute Gasteiger partial charge is 0.493 e. The number of hydrogen-bond donors (Lipinski definition) is 1. The maximum atomic E-state index is 10.5.